The summed E-state index contributed by atoms with van der Waals surface area (Å²) in [5, 5.41) is 24.8. The molecule has 0 aliphatic rings. The maximum absolute atomic E-state index is 12.9. The van der Waals surface area contributed by atoms with E-state index in [0.717, 1.165) is 22.7 Å². The first kappa shape index (κ1) is 26.5. The number of aromatic amines is 1. The number of nitrogens with one attached hydrogen (secondary N) is 2. The number of nitrogen functional groups attached to an aromatic ring is 1. The Bertz CT molecular complexity index is 1310. The van der Waals surface area contributed by atoms with Gasteiger partial charge in [-0.05, 0) is 44.9 Å². The van der Waals surface area contributed by atoms with Gasteiger partial charge in [-0.2, -0.15) is 0 Å². The average molecular weight is 503 g/mol. The van der Waals surface area contributed by atoms with Crippen molar-refractivity contribution in [2.24, 2.45) is 0 Å². The number of H-pyrrole nitrogens is 1. The van der Waals surface area contributed by atoms with Crippen LogP contribution in [-0.4, -0.2) is 66.4 Å². The third kappa shape index (κ3) is 5.61. The standard InChI is InChI=1S/C25H34N4O5S/c1-5-29(6-2)25(32)19-9-7-8-17-16(13-28-23(17)19)12-15(3)27-14-21(31)18-10-11-20(30)24(22(18)26)35(4,33)34/h7-11,13,15,21,27-28,30-31H,5-6,12,14,26H2,1-4H3/t15-,21+/m1/s1. The molecule has 6 N–H and O–H groups in total. The van der Waals surface area contributed by atoms with Crippen molar-refractivity contribution in [2.45, 2.75) is 44.2 Å². The summed E-state index contributed by atoms with van der Waals surface area (Å²) in [4.78, 5) is 17.6. The topological polar surface area (TPSA) is 149 Å². The van der Waals surface area contributed by atoms with Crippen LogP contribution in [0.3, 0.4) is 0 Å². The number of aliphatic hydroxyl groups excluding tert-OH is 1. The lowest BCUT2D eigenvalue weighted by molar-refractivity contribution is 0.0774. The van der Waals surface area contributed by atoms with Gasteiger partial charge in [0, 0.05) is 49.1 Å². The molecule has 0 bridgehead atoms. The minimum atomic E-state index is -3.76. The lowest BCUT2D eigenvalue weighted by atomic mass is 10.0. The second kappa shape index (κ2) is 10.7. The highest BCUT2D eigenvalue weighted by Gasteiger charge is 2.23. The van der Waals surface area contributed by atoms with Gasteiger partial charge in [0.05, 0.1) is 22.9 Å². The Morgan fingerprint density at radius 2 is 1.89 bits per heavy atom. The first-order valence-corrected chi connectivity index (χ1v) is 13.5. The number of sulfone groups is 1. The molecule has 0 fully saturated rings. The van der Waals surface area contributed by atoms with Gasteiger partial charge in [-0.25, -0.2) is 8.42 Å². The summed E-state index contributed by atoms with van der Waals surface area (Å²) in [6.07, 6.45) is 2.42. The largest absolute Gasteiger partial charge is 0.507 e. The zero-order chi connectivity index (χ0) is 25.9. The van der Waals surface area contributed by atoms with Gasteiger partial charge >= 0.3 is 0 Å². The summed E-state index contributed by atoms with van der Waals surface area (Å²) in [6, 6.07) is 8.28. The number of rotatable bonds is 10. The number of phenols is 1. The zero-order valence-corrected chi connectivity index (χ0v) is 21.3. The number of nitrogens with two attached hydrogens (primary N) is 1. The number of hydrogen-bond donors (Lipinski definition) is 5. The maximum atomic E-state index is 12.9. The van der Waals surface area contributed by atoms with Crippen molar-refractivity contribution < 1.29 is 23.4 Å². The van der Waals surface area contributed by atoms with Crippen LogP contribution in [0.15, 0.2) is 41.4 Å². The molecule has 35 heavy (non-hydrogen) atoms. The van der Waals surface area contributed by atoms with Crippen molar-refractivity contribution in [1.29, 1.82) is 0 Å². The van der Waals surface area contributed by atoms with Gasteiger partial charge in [0.1, 0.15) is 10.6 Å². The van der Waals surface area contributed by atoms with Crippen LogP contribution < -0.4 is 11.1 Å². The number of phenolic OH excluding ortho intramolecular Hbond substituents is 1. The van der Waals surface area contributed by atoms with Crippen molar-refractivity contribution in [3.8, 4) is 5.75 Å². The van der Waals surface area contributed by atoms with Crippen LogP contribution in [0.4, 0.5) is 5.69 Å². The molecule has 9 nitrogen and oxygen atoms in total. The highest BCUT2D eigenvalue weighted by molar-refractivity contribution is 7.91. The minimum Gasteiger partial charge on any atom is -0.507 e. The van der Waals surface area contributed by atoms with Crippen molar-refractivity contribution in [2.75, 3.05) is 31.6 Å². The summed E-state index contributed by atoms with van der Waals surface area (Å²) < 4.78 is 23.9. The summed E-state index contributed by atoms with van der Waals surface area (Å²) >= 11 is 0. The molecule has 0 aliphatic carbocycles. The molecular formula is C25H34N4O5S. The molecule has 3 rings (SSSR count). The molecule has 0 saturated carbocycles. The van der Waals surface area contributed by atoms with Crippen molar-refractivity contribution in [3.05, 3.63) is 53.2 Å². The van der Waals surface area contributed by atoms with E-state index in [1.54, 1.807) is 4.90 Å². The molecule has 1 amide bonds. The van der Waals surface area contributed by atoms with Gasteiger partial charge in [0.25, 0.3) is 5.91 Å². The van der Waals surface area contributed by atoms with E-state index in [-0.39, 0.29) is 34.6 Å². The highest BCUT2D eigenvalue weighted by Crippen LogP contribution is 2.34. The fourth-order valence-electron chi connectivity index (χ4n) is 4.35. The first-order valence-electron chi connectivity index (χ1n) is 11.6. The summed E-state index contributed by atoms with van der Waals surface area (Å²) in [7, 11) is -3.76. The number of anilines is 1. The zero-order valence-electron chi connectivity index (χ0n) is 20.5. The number of carbonyl (C=O) groups is 1. The molecule has 0 unspecified atom stereocenters. The van der Waals surface area contributed by atoms with Crippen LogP contribution in [-0.2, 0) is 16.3 Å². The van der Waals surface area contributed by atoms with Crippen LogP contribution in [0.5, 0.6) is 5.75 Å². The number of aromatic nitrogens is 1. The van der Waals surface area contributed by atoms with Gasteiger partial charge in [0.15, 0.2) is 9.84 Å². The average Bonchev–Trinajstić information content (AvgIpc) is 3.20. The molecule has 1 aromatic heterocycles. The number of nitrogens with zero attached hydrogens (tertiary/aromatic N) is 1. The molecule has 0 aliphatic heterocycles. The van der Waals surface area contributed by atoms with E-state index in [9.17, 15) is 23.4 Å². The monoisotopic (exact) mass is 502 g/mol. The van der Waals surface area contributed by atoms with Crippen LogP contribution in [0.2, 0.25) is 0 Å². The molecule has 0 saturated heterocycles. The fourth-order valence-corrected chi connectivity index (χ4v) is 5.31. The Hall–Kier alpha value is -3.08. The molecule has 1 heterocycles. The van der Waals surface area contributed by atoms with Crippen LogP contribution in [0.1, 0.15) is 48.4 Å². The Kier molecular flexibility index (Phi) is 8.09. The number of aliphatic hydroxyl groups is 1. The van der Waals surface area contributed by atoms with Gasteiger partial charge in [-0.3, -0.25) is 4.79 Å². The van der Waals surface area contributed by atoms with E-state index < -0.39 is 21.7 Å². The van der Waals surface area contributed by atoms with Crippen LogP contribution in [0.25, 0.3) is 10.9 Å². The van der Waals surface area contributed by atoms with Crippen molar-refractivity contribution in [1.82, 2.24) is 15.2 Å². The van der Waals surface area contributed by atoms with Gasteiger partial charge in [-0.1, -0.05) is 18.2 Å². The Morgan fingerprint density at radius 3 is 2.51 bits per heavy atom. The van der Waals surface area contributed by atoms with E-state index in [1.165, 1.54) is 12.1 Å². The maximum Gasteiger partial charge on any atom is 0.255 e. The van der Waals surface area contributed by atoms with E-state index >= 15 is 0 Å². The number of carbonyl (C=O) groups excluding carboxylic acids is 1. The smallest absolute Gasteiger partial charge is 0.255 e. The van der Waals surface area contributed by atoms with E-state index in [4.69, 9.17) is 5.73 Å². The van der Waals surface area contributed by atoms with Crippen molar-refractivity contribution in [3.63, 3.8) is 0 Å². The molecule has 2 atom stereocenters. The number of fused-ring (bicyclic) bond motifs is 1. The summed E-state index contributed by atoms with van der Waals surface area (Å²) in [5.74, 6) is -0.455. The van der Waals surface area contributed by atoms with Crippen molar-refractivity contribution >= 4 is 32.3 Å². The molecule has 2 aromatic carbocycles. The first-order chi connectivity index (χ1) is 16.5. The second-order valence-corrected chi connectivity index (χ2v) is 10.7. The SMILES string of the molecule is CCN(CC)C(=O)c1cccc2c(C[C@@H](C)NC[C@H](O)c3ccc(O)c(S(C)(=O)=O)c3N)c[nH]c12. The molecule has 0 radical (unpaired) electrons. The second-order valence-electron chi connectivity index (χ2n) is 8.74. The van der Waals surface area contributed by atoms with Crippen LogP contribution in [0, 0.1) is 0 Å². The fraction of sp³-hybridized carbons (Fsp3) is 0.400. The number of amides is 1. The quantitative estimate of drug-likeness (QED) is 0.268. The number of aromatic hydroxyl groups is 1. The Morgan fingerprint density at radius 1 is 1.20 bits per heavy atom. The predicted octanol–water partition coefficient (Wildman–Crippen LogP) is 2.60. The van der Waals surface area contributed by atoms with E-state index in [0.29, 0.717) is 25.1 Å². The number of benzene rings is 2. The van der Waals surface area contributed by atoms with Gasteiger partial charge in [0.2, 0.25) is 0 Å². The highest BCUT2D eigenvalue weighted by atomic mass is 32.2. The van der Waals surface area contributed by atoms with Crippen LogP contribution >= 0.6 is 0 Å². The molecule has 0 spiro atoms. The van der Waals surface area contributed by atoms with Gasteiger partial charge < -0.3 is 31.1 Å². The summed E-state index contributed by atoms with van der Waals surface area (Å²) in [6.45, 7) is 7.29. The Balaban J connectivity index is 1.73. The van der Waals surface area contributed by atoms with E-state index in [2.05, 4.69) is 10.3 Å². The molecule has 10 heteroatoms. The summed E-state index contributed by atoms with van der Waals surface area (Å²) in [5.41, 5.74) is 8.52. The third-order valence-electron chi connectivity index (χ3n) is 6.21. The van der Waals surface area contributed by atoms with E-state index in [1.807, 2.05) is 45.2 Å². The minimum absolute atomic E-state index is 0.0109. The third-order valence-corrected chi connectivity index (χ3v) is 7.38. The lowest BCUT2D eigenvalue weighted by Gasteiger charge is -2.20. The molecule has 3 aromatic rings. The number of hydrogen-bond acceptors (Lipinski definition) is 7. The lowest BCUT2D eigenvalue weighted by Crippen LogP contribution is -2.32. The Labute approximate surface area is 205 Å². The van der Waals surface area contributed by atoms with Gasteiger partial charge in [-0.15, -0.1) is 0 Å². The molecule has 190 valence electrons. The molecular weight excluding hydrogens is 468 g/mol. The number of para-hydroxylation sites is 1. The normalized spacial score (nSPS) is 13.6. The predicted molar refractivity (Wildman–Crippen MR) is 137 cm³/mol.